The Balaban J connectivity index is 2.48. The lowest BCUT2D eigenvalue weighted by atomic mass is 10.1. The molecule has 0 spiro atoms. The highest BCUT2D eigenvalue weighted by Gasteiger charge is 2.30. The molecule has 0 aromatic rings. The number of carbonyl (C=O) groups excluding carboxylic acids is 2. The van der Waals surface area contributed by atoms with Crippen molar-refractivity contribution < 1.29 is 19.1 Å². The van der Waals surface area contributed by atoms with Gasteiger partial charge >= 0.3 is 11.9 Å². The van der Waals surface area contributed by atoms with E-state index in [-0.39, 0.29) is 17.9 Å². The molecule has 4 heteroatoms. The van der Waals surface area contributed by atoms with Crippen LogP contribution in [0.25, 0.3) is 0 Å². The third-order valence-corrected chi connectivity index (χ3v) is 2.77. The van der Waals surface area contributed by atoms with E-state index in [1.807, 2.05) is 6.92 Å². The zero-order valence-electron chi connectivity index (χ0n) is 10.0. The van der Waals surface area contributed by atoms with E-state index in [1.54, 1.807) is 0 Å². The highest BCUT2D eigenvalue weighted by atomic mass is 16.7. The van der Waals surface area contributed by atoms with Crippen molar-refractivity contribution in [2.45, 2.75) is 58.7 Å². The fourth-order valence-corrected chi connectivity index (χ4v) is 2.00. The van der Waals surface area contributed by atoms with Crippen molar-refractivity contribution in [2.75, 3.05) is 0 Å². The van der Waals surface area contributed by atoms with Gasteiger partial charge in [0.2, 0.25) is 6.29 Å². The predicted octanol–water partition coefficient (Wildman–Crippen LogP) is 2.41. The Bertz CT molecular complexity index is 243. The van der Waals surface area contributed by atoms with Crippen LogP contribution in [0.15, 0.2) is 0 Å². The molecule has 0 aliphatic heterocycles. The molecule has 0 saturated heterocycles. The number of carbonyl (C=O) groups is 2. The summed E-state index contributed by atoms with van der Waals surface area (Å²) < 4.78 is 10.3. The van der Waals surface area contributed by atoms with E-state index in [0.29, 0.717) is 6.42 Å². The highest BCUT2D eigenvalue weighted by molar-refractivity contribution is 5.70. The van der Waals surface area contributed by atoms with Crippen LogP contribution < -0.4 is 0 Å². The van der Waals surface area contributed by atoms with Crippen LogP contribution in [-0.2, 0) is 19.1 Å². The molecule has 0 radical (unpaired) electrons. The van der Waals surface area contributed by atoms with Gasteiger partial charge < -0.3 is 9.47 Å². The number of esters is 2. The smallest absolute Gasteiger partial charge is 0.308 e. The Labute approximate surface area is 96.3 Å². The molecule has 1 aliphatic carbocycles. The molecule has 1 unspecified atom stereocenters. The van der Waals surface area contributed by atoms with Gasteiger partial charge in [-0.1, -0.05) is 19.8 Å². The van der Waals surface area contributed by atoms with Gasteiger partial charge in [0.05, 0.1) is 0 Å². The van der Waals surface area contributed by atoms with E-state index in [2.05, 4.69) is 0 Å². The number of hydrogen-bond donors (Lipinski definition) is 0. The average Bonchev–Trinajstić information content (AvgIpc) is 2.68. The van der Waals surface area contributed by atoms with E-state index >= 15 is 0 Å². The lowest BCUT2D eigenvalue weighted by Crippen LogP contribution is -2.30. The molecule has 0 heterocycles. The first-order valence-electron chi connectivity index (χ1n) is 6.00. The molecule has 0 bridgehead atoms. The van der Waals surface area contributed by atoms with Crippen LogP contribution >= 0.6 is 0 Å². The van der Waals surface area contributed by atoms with Crippen molar-refractivity contribution in [3.8, 4) is 0 Å². The first-order chi connectivity index (χ1) is 7.63. The first kappa shape index (κ1) is 13.0. The lowest BCUT2D eigenvalue weighted by molar-refractivity contribution is -0.196. The minimum absolute atomic E-state index is 0.185. The minimum atomic E-state index is -0.668. The molecular formula is C12H20O4. The summed E-state index contributed by atoms with van der Waals surface area (Å²) >= 11 is 0. The van der Waals surface area contributed by atoms with Gasteiger partial charge in [-0.15, -0.1) is 0 Å². The van der Waals surface area contributed by atoms with Crippen molar-refractivity contribution in [3.05, 3.63) is 0 Å². The second kappa shape index (κ2) is 6.51. The highest BCUT2D eigenvalue weighted by Crippen LogP contribution is 2.30. The summed E-state index contributed by atoms with van der Waals surface area (Å²) in [6.07, 6.45) is 4.64. The molecule has 1 rings (SSSR count). The molecule has 0 amide bonds. The fraction of sp³-hybridized carbons (Fsp3) is 0.833. The summed E-state index contributed by atoms with van der Waals surface area (Å²) in [6, 6.07) is 0. The van der Waals surface area contributed by atoms with E-state index in [1.165, 1.54) is 6.92 Å². The van der Waals surface area contributed by atoms with Gasteiger partial charge in [-0.05, 0) is 19.3 Å². The molecule has 1 aliphatic rings. The van der Waals surface area contributed by atoms with Gasteiger partial charge in [-0.2, -0.15) is 0 Å². The van der Waals surface area contributed by atoms with Crippen LogP contribution in [-0.4, -0.2) is 18.2 Å². The quantitative estimate of drug-likeness (QED) is 0.535. The van der Waals surface area contributed by atoms with Crippen molar-refractivity contribution in [1.82, 2.24) is 0 Å². The van der Waals surface area contributed by atoms with Crippen LogP contribution in [0.2, 0.25) is 0 Å². The summed E-state index contributed by atoms with van der Waals surface area (Å²) in [5.74, 6) is -0.480. The standard InChI is InChI=1S/C12H20O4/c1-3-6-11(14)16-12(15-9(2)13)10-7-4-5-8-10/h10,12H,3-8H2,1-2H3. The number of hydrogen-bond acceptors (Lipinski definition) is 4. The van der Waals surface area contributed by atoms with Crippen LogP contribution in [0.1, 0.15) is 52.4 Å². The van der Waals surface area contributed by atoms with Crippen LogP contribution in [0.4, 0.5) is 0 Å². The normalized spacial score (nSPS) is 18.1. The third-order valence-electron chi connectivity index (χ3n) is 2.77. The molecule has 92 valence electrons. The Hall–Kier alpha value is -1.06. The first-order valence-corrected chi connectivity index (χ1v) is 6.00. The SMILES string of the molecule is CCCC(=O)OC(OC(C)=O)C1CCCC1. The predicted molar refractivity (Wildman–Crippen MR) is 58.5 cm³/mol. The van der Waals surface area contributed by atoms with E-state index in [0.717, 1.165) is 32.1 Å². The second-order valence-electron chi connectivity index (χ2n) is 4.26. The molecule has 4 nitrogen and oxygen atoms in total. The summed E-state index contributed by atoms with van der Waals surface area (Å²) in [6.45, 7) is 3.26. The van der Waals surface area contributed by atoms with Crippen LogP contribution in [0, 0.1) is 5.92 Å². The summed E-state index contributed by atoms with van der Waals surface area (Å²) in [7, 11) is 0. The zero-order valence-corrected chi connectivity index (χ0v) is 10.0. The third kappa shape index (κ3) is 4.21. The molecule has 0 N–H and O–H groups in total. The maximum atomic E-state index is 11.4. The molecule has 16 heavy (non-hydrogen) atoms. The van der Waals surface area contributed by atoms with E-state index < -0.39 is 6.29 Å². The van der Waals surface area contributed by atoms with Crippen molar-refractivity contribution >= 4 is 11.9 Å². The van der Waals surface area contributed by atoms with Gasteiger partial charge in [-0.3, -0.25) is 9.59 Å². The number of rotatable bonds is 5. The molecule has 1 saturated carbocycles. The van der Waals surface area contributed by atoms with Gasteiger partial charge in [0.1, 0.15) is 0 Å². The minimum Gasteiger partial charge on any atom is -0.425 e. The average molecular weight is 228 g/mol. The molecule has 0 aromatic heterocycles. The molecular weight excluding hydrogens is 208 g/mol. The topological polar surface area (TPSA) is 52.6 Å². The summed E-state index contributed by atoms with van der Waals surface area (Å²) in [5, 5.41) is 0. The summed E-state index contributed by atoms with van der Waals surface area (Å²) in [5.41, 5.74) is 0. The van der Waals surface area contributed by atoms with Gasteiger partial charge in [0.25, 0.3) is 0 Å². The maximum Gasteiger partial charge on any atom is 0.308 e. The number of ether oxygens (including phenoxy) is 2. The summed E-state index contributed by atoms with van der Waals surface area (Å²) in [4.78, 5) is 22.3. The van der Waals surface area contributed by atoms with Gasteiger partial charge in [0, 0.05) is 19.3 Å². The van der Waals surface area contributed by atoms with Crippen molar-refractivity contribution in [2.24, 2.45) is 5.92 Å². The van der Waals surface area contributed by atoms with Crippen molar-refractivity contribution in [3.63, 3.8) is 0 Å². The Morgan fingerprint density at radius 1 is 1.25 bits per heavy atom. The van der Waals surface area contributed by atoms with E-state index in [4.69, 9.17) is 9.47 Å². The second-order valence-corrected chi connectivity index (χ2v) is 4.26. The van der Waals surface area contributed by atoms with Crippen molar-refractivity contribution in [1.29, 1.82) is 0 Å². The van der Waals surface area contributed by atoms with Gasteiger partial charge in [0.15, 0.2) is 0 Å². The van der Waals surface area contributed by atoms with Gasteiger partial charge in [-0.25, -0.2) is 0 Å². The molecule has 1 fully saturated rings. The largest absolute Gasteiger partial charge is 0.425 e. The fourth-order valence-electron chi connectivity index (χ4n) is 2.00. The lowest BCUT2D eigenvalue weighted by Gasteiger charge is -2.22. The Morgan fingerprint density at radius 2 is 1.88 bits per heavy atom. The Kier molecular flexibility index (Phi) is 5.29. The van der Waals surface area contributed by atoms with E-state index in [9.17, 15) is 9.59 Å². The zero-order chi connectivity index (χ0) is 12.0. The molecule has 0 aromatic carbocycles. The maximum absolute atomic E-state index is 11.4. The van der Waals surface area contributed by atoms with Crippen LogP contribution in [0.3, 0.4) is 0 Å². The monoisotopic (exact) mass is 228 g/mol. The Morgan fingerprint density at radius 3 is 2.38 bits per heavy atom. The van der Waals surface area contributed by atoms with Crippen LogP contribution in [0.5, 0.6) is 0 Å². The molecule has 1 atom stereocenters.